The molecule has 1 saturated heterocycles. The van der Waals surface area contributed by atoms with Gasteiger partial charge in [-0.25, -0.2) is 4.98 Å². The average Bonchev–Trinajstić information content (AvgIpc) is 3.01. The van der Waals surface area contributed by atoms with Gasteiger partial charge in [0.05, 0.1) is 16.1 Å². The Labute approximate surface area is 172 Å². The van der Waals surface area contributed by atoms with Crippen molar-refractivity contribution < 1.29 is 18.7 Å². The molecule has 5 nitrogen and oxygen atoms in total. The Morgan fingerprint density at radius 1 is 1.41 bits per heavy atom. The third-order valence-corrected chi connectivity index (χ3v) is 5.45. The number of benzene rings is 1. The minimum absolute atomic E-state index is 0.221. The number of aromatic nitrogens is 1. The molecule has 2 aromatic rings. The molecule has 0 radical (unpaired) electrons. The van der Waals surface area contributed by atoms with Crippen molar-refractivity contribution in [3.63, 3.8) is 0 Å². The van der Waals surface area contributed by atoms with Crippen LogP contribution in [0.5, 0.6) is 0 Å². The zero-order valence-electron chi connectivity index (χ0n) is 13.8. The predicted octanol–water partition coefficient (Wildman–Crippen LogP) is 4.55. The van der Waals surface area contributed by atoms with Crippen LogP contribution in [-0.2, 0) is 0 Å². The lowest BCUT2D eigenvalue weighted by atomic mass is 10.2. The molecule has 1 aliphatic heterocycles. The van der Waals surface area contributed by atoms with Crippen LogP contribution in [0, 0.1) is 0 Å². The van der Waals surface area contributed by atoms with E-state index in [2.05, 4.69) is 26.2 Å². The highest BCUT2D eigenvalue weighted by molar-refractivity contribution is 9.10. The van der Waals surface area contributed by atoms with Crippen molar-refractivity contribution in [2.45, 2.75) is 22.1 Å². The van der Waals surface area contributed by atoms with Gasteiger partial charge in [0.1, 0.15) is 5.82 Å². The lowest BCUT2D eigenvalue weighted by molar-refractivity contribution is 0.102. The van der Waals surface area contributed by atoms with Crippen molar-refractivity contribution in [3.8, 4) is 0 Å². The van der Waals surface area contributed by atoms with Crippen molar-refractivity contribution in [2.75, 3.05) is 23.3 Å². The Hall–Kier alpha value is -1.42. The average molecular weight is 479 g/mol. The maximum atomic E-state index is 12.8. The van der Waals surface area contributed by atoms with Gasteiger partial charge in [0.2, 0.25) is 0 Å². The summed E-state index contributed by atoms with van der Waals surface area (Å²) >= 11 is 8.52. The summed E-state index contributed by atoms with van der Waals surface area (Å²) in [6.45, 7) is 1.20. The van der Waals surface area contributed by atoms with Gasteiger partial charge in [-0.15, -0.1) is 0 Å². The van der Waals surface area contributed by atoms with Crippen LogP contribution in [0.15, 0.2) is 45.9 Å². The smallest absolute Gasteiger partial charge is 0.375 e. The van der Waals surface area contributed by atoms with Gasteiger partial charge in [0.25, 0.3) is 5.91 Å². The number of amides is 1. The third kappa shape index (κ3) is 5.54. The monoisotopic (exact) mass is 477 g/mol. The molecule has 1 aromatic carbocycles. The number of hydrogen-bond acceptors (Lipinski definition) is 5. The minimum Gasteiger partial charge on any atom is -0.391 e. The lowest BCUT2D eigenvalue weighted by Crippen LogP contribution is -2.23. The molecule has 10 heteroatoms. The number of aliphatic hydroxyl groups excluding tert-OH is 1. The molecule has 27 heavy (non-hydrogen) atoms. The summed E-state index contributed by atoms with van der Waals surface area (Å²) < 4.78 is 22.8. The Balaban J connectivity index is 1.66. The van der Waals surface area contributed by atoms with Crippen LogP contribution in [0.1, 0.15) is 16.8 Å². The number of anilines is 2. The predicted molar refractivity (Wildman–Crippen MR) is 106 cm³/mol. The van der Waals surface area contributed by atoms with Crippen molar-refractivity contribution in [2.24, 2.45) is 0 Å². The van der Waals surface area contributed by atoms with E-state index in [9.17, 15) is 18.7 Å². The van der Waals surface area contributed by atoms with Gasteiger partial charge < -0.3 is 15.3 Å². The highest BCUT2D eigenvalue weighted by atomic mass is 79.9. The summed E-state index contributed by atoms with van der Waals surface area (Å²) in [4.78, 5) is 18.9. The summed E-state index contributed by atoms with van der Waals surface area (Å²) in [6, 6.07) is 7.59. The minimum atomic E-state index is -3.38. The second-order valence-corrected chi connectivity index (χ2v) is 8.69. The second kappa shape index (κ2) is 8.30. The van der Waals surface area contributed by atoms with Gasteiger partial charge in [-0.3, -0.25) is 4.79 Å². The number of thioether (sulfide) groups is 1. The van der Waals surface area contributed by atoms with E-state index >= 15 is 0 Å². The molecule has 2 N–H and O–H groups in total. The zero-order valence-corrected chi connectivity index (χ0v) is 17.0. The first kappa shape index (κ1) is 20.3. The Kier molecular flexibility index (Phi) is 6.25. The van der Waals surface area contributed by atoms with E-state index in [0.29, 0.717) is 41.1 Å². The number of rotatable bonds is 5. The molecule has 0 bridgehead atoms. The van der Waals surface area contributed by atoms with E-state index in [1.165, 1.54) is 30.5 Å². The fourth-order valence-corrected chi connectivity index (χ4v) is 4.07. The number of pyridine rings is 1. The molecule has 1 aliphatic rings. The Morgan fingerprint density at radius 2 is 2.11 bits per heavy atom. The summed E-state index contributed by atoms with van der Waals surface area (Å²) in [7, 11) is 0. The number of aliphatic hydroxyl groups is 1. The number of hydrogen-bond donors (Lipinski definition) is 2. The molecular weight excluding hydrogens is 464 g/mol. The van der Waals surface area contributed by atoms with Crippen LogP contribution in [0.2, 0.25) is 0 Å². The van der Waals surface area contributed by atoms with Crippen molar-refractivity contribution in [1.82, 2.24) is 4.98 Å². The molecule has 1 atom stereocenters. The maximum absolute atomic E-state index is 12.8. The van der Waals surface area contributed by atoms with E-state index < -0.39 is 4.71 Å². The van der Waals surface area contributed by atoms with Gasteiger partial charge >= 0.3 is 4.71 Å². The van der Waals surface area contributed by atoms with Crippen molar-refractivity contribution in [1.29, 1.82) is 0 Å². The lowest BCUT2D eigenvalue weighted by Gasteiger charge is -2.18. The fourth-order valence-electron chi connectivity index (χ4n) is 2.66. The molecule has 0 aliphatic carbocycles. The number of carbonyl (C=O) groups excluding carboxylic acids is 1. The number of carbonyl (C=O) groups is 1. The summed E-state index contributed by atoms with van der Waals surface area (Å²) in [5.74, 6) is 0.297. The largest absolute Gasteiger partial charge is 0.391 e. The van der Waals surface area contributed by atoms with Crippen LogP contribution in [0.25, 0.3) is 0 Å². The Morgan fingerprint density at radius 3 is 2.67 bits per heavy atom. The summed E-state index contributed by atoms with van der Waals surface area (Å²) in [6.07, 6.45) is 1.76. The molecule has 0 spiro atoms. The fraction of sp³-hybridized carbons (Fsp3) is 0.294. The van der Waals surface area contributed by atoms with Crippen LogP contribution in [0.4, 0.5) is 20.3 Å². The van der Waals surface area contributed by atoms with E-state index in [0.717, 1.165) is 0 Å². The van der Waals surface area contributed by atoms with Gasteiger partial charge in [-0.2, -0.15) is 8.78 Å². The molecule has 1 fully saturated rings. The van der Waals surface area contributed by atoms with E-state index in [1.54, 1.807) is 6.07 Å². The number of halogens is 4. The third-order valence-electron chi connectivity index (χ3n) is 3.89. The van der Waals surface area contributed by atoms with Crippen molar-refractivity contribution in [3.05, 3.63) is 46.6 Å². The first-order valence-corrected chi connectivity index (χ1v) is 9.96. The topological polar surface area (TPSA) is 65.5 Å². The standard InChI is InChI=1S/C17H15BrClF2N3O2S/c18-14-7-10(8-22-15(14)24-6-5-12(25)9-24)16(26)23-11-1-3-13(4-2-11)27-17(19,20)21/h1-4,7-8,12,25H,5-6,9H2,(H,23,26). The Bertz CT molecular complexity index is 836. The SMILES string of the molecule is O=C(Nc1ccc(SC(F)(F)Cl)cc1)c1cnc(N2CCC(O)C2)c(Br)c1. The zero-order chi connectivity index (χ0) is 19.6. The number of nitrogens with zero attached hydrogens (tertiary/aromatic N) is 2. The van der Waals surface area contributed by atoms with Gasteiger partial charge in [0.15, 0.2) is 0 Å². The van der Waals surface area contributed by atoms with Gasteiger partial charge in [-0.1, -0.05) is 0 Å². The first-order chi connectivity index (χ1) is 12.7. The normalized spacial score (nSPS) is 17.2. The van der Waals surface area contributed by atoms with E-state index in [1.807, 2.05) is 4.90 Å². The molecular formula is C17H15BrClF2N3O2S. The molecule has 1 aromatic heterocycles. The molecule has 1 unspecified atom stereocenters. The number of alkyl halides is 3. The molecule has 0 saturated carbocycles. The second-order valence-electron chi connectivity index (χ2n) is 5.94. The maximum Gasteiger partial charge on any atom is 0.375 e. The number of nitrogens with one attached hydrogen (secondary N) is 1. The van der Waals surface area contributed by atoms with Gasteiger partial charge in [-0.05, 0) is 76.0 Å². The summed E-state index contributed by atoms with van der Waals surface area (Å²) in [5.41, 5.74) is 0.807. The number of β-amino-alcohol motifs (C(OH)–C–C–N with tert-alkyl or cyclic N) is 1. The molecule has 3 rings (SSSR count). The summed E-state index contributed by atoms with van der Waals surface area (Å²) in [5, 5.41) is 12.3. The molecule has 2 heterocycles. The van der Waals surface area contributed by atoms with Crippen LogP contribution in [0.3, 0.4) is 0 Å². The van der Waals surface area contributed by atoms with Crippen molar-refractivity contribution >= 4 is 56.7 Å². The van der Waals surface area contributed by atoms with Crippen LogP contribution >= 0.6 is 39.3 Å². The highest BCUT2D eigenvalue weighted by Gasteiger charge is 2.26. The van der Waals surface area contributed by atoms with E-state index in [4.69, 9.17) is 11.6 Å². The van der Waals surface area contributed by atoms with Crippen LogP contribution < -0.4 is 10.2 Å². The molecule has 144 valence electrons. The quantitative estimate of drug-likeness (QED) is 0.488. The first-order valence-electron chi connectivity index (χ1n) is 7.97. The van der Waals surface area contributed by atoms with Gasteiger partial charge in [0, 0.05) is 29.9 Å². The van der Waals surface area contributed by atoms with E-state index in [-0.39, 0.29) is 28.7 Å². The molecule has 1 amide bonds. The van der Waals surface area contributed by atoms with Crippen LogP contribution in [-0.4, -0.2) is 39.9 Å². The highest BCUT2D eigenvalue weighted by Crippen LogP contribution is 2.39.